The largest absolute Gasteiger partial charge is 0.361 e. The normalized spacial score (nSPS) is 12.0. The van der Waals surface area contributed by atoms with Crippen LogP contribution in [0.1, 0.15) is 85.0 Å². The van der Waals surface area contributed by atoms with Crippen molar-refractivity contribution >= 4 is 22.6 Å². The number of ether oxygens (including phenoxy) is 1. The lowest BCUT2D eigenvalue weighted by atomic mass is 9.89. The quantitative estimate of drug-likeness (QED) is 0.265. The van der Waals surface area contributed by atoms with Crippen molar-refractivity contribution in [3.8, 4) is 0 Å². The molecular formula is C19H35IN2O. The van der Waals surface area contributed by atoms with E-state index in [1.807, 2.05) is 17.0 Å². The van der Waals surface area contributed by atoms with Crippen LogP contribution in [0.4, 0.5) is 0 Å². The third kappa shape index (κ3) is 12.0. The number of hydrogen-bond donors (Lipinski definition) is 0. The third-order valence-electron chi connectivity index (χ3n) is 4.11. The Bertz CT molecular complexity index is 398. The van der Waals surface area contributed by atoms with Crippen molar-refractivity contribution in [1.29, 1.82) is 0 Å². The summed E-state index contributed by atoms with van der Waals surface area (Å²) in [5, 5.41) is 0. The van der Waals surface area contributed by atoms with Crippen LogP contribution in [-0.4, -0.2) is 16.2 Å². The molecule has 0 N–H and O–H groups in total. The number of hydrogen-bond acceptors (Lipinski definition) is 2. The van der Waals surface area contributed by atoms with E-state index in [1.165, 1.54) is 64.2 Å². The van der Waals surface area contributed by atoms with Gasteiger partial charge in [0.1, 0.15) is 6.73 Å². The molecule has 0 atom stereocenters. The second kappa shape index (κ2) is 12.3. The average molecular weight is 434 g/mol. The van der Waals surface area contributed by atoms with Gasteiger partial charge in [-0.1, -0.05) is 72.1 Å². The van der Waals surface area contributed by atoms with Crippen LogP contribution >= 0.6 is 22.6 Å². The molecule has 0 aliphatic carbocycles. The van der Waals surface area contributed by atoms with Crippen LogP contribution in [0.15, 0.2) is 12.4 Å². The second-order valence-electron chi connectivity index (χ2n) is 7.70. The summed E-state index contributed by atoms with van der Waals surface area (Å²) in [7, 11) is 0. The third-order valence-corrected chi connectivity index (χ3v) is 5.01. The van der Waals surface area contributed by atoms with Gasteiger partial charge < -0.3 is 9.30 Å². The van der Waals surface area contributed by atoms with Gasteiger partial charge in [0.2, 0.25) is 0 Å². The summed E-state index contributed by atoms with van der Waals surface area (Å²) in [6.45, 7) is 8.51. The topological polar surface area (TPSA) is 27.1 Å². The lowest BCUT2D eigenvalue weighted by Crippen LogP contribution is -2.04. The van der Waals surface area contributed by atoms with Gasteiger partial charge in [0.05, 0.1) is 0 Å². The van der Waals surface area contributed by atoms with E-state index in [4.69, 9.17) is 4.74 Å². The van der Waals surface area contributed by atoms with Crippen LogP contribution in [0.25, 0.3) is 0 Å². The van der Waals surface area contributed by atoms with Crippen molar-refractivity contribution in [2.24, 2.45) is 5.41 Å². The Kier molecular flexibility index (Phi) is 11.2. The zero-order valence-electron chi connectivity index (χ0n) is 15.3. The van der Waals surface area contributed by atoms with Crippen molar-refractivity contribution < 1.29 is 4.74 Å². The fraction of sp³-hybridized carbons (Fsp3) is 0.842. The molecule has 0 saturated carbocycles. The van der Waals surface area contributed by atoms with Crippen molar-refractivity contribution in [2.75, 3.05) is 6.61 Å². The van der Waals surface area contributed by atoms with Crippen molar-refractivity contribution in [3.63, 3.8) is 0 Å². The van der Waals surface area contributed by atoms with Crippen molar-refractivity contribution in [1.82, 2.24) is 9.55 Å². The van der Waals surface area contributed by atoms with Gasteiger partial charge in [0, 0.05) is 19.0 Å². The smallest absolute Gasteiger partial charge is 0.173 e. The van der Waals surface area contributed by atoms with E-state index in [9.17, 15) is 0 Å². The van der Waals surface area contributed by atoms with Gasteiger partial charge in [-0.3, -0.25) is 0 Å². The molecule has 4 heteroatoms. The highest BCUT2D eigenvalue weighted by atomic mass is 127. The molecule has 0 unspecified atom stereocenters. The molecule has 1 rings (SSSR count). The van der Waals surface area contributed by atoms with Gasteiger partial charge in [-0.25, -0.2) is 4.98 Å². The Balaban J connectivity index is 1.77. The van der Waals surface area contributed by atoms with Gasteiger partial charge in [0.25, 0.3) is 0 Å². The summed E-state index contributed by atoms with van der Waals surface area (Å²) < 4.78 is 8.70. The number of nitrogens with zero attached hydrogens (tertiary/aromatic N) is 2. The lowest BCUT2D eigenvalue weighted by molar-refractivity contribution is 0.0722. The van der Waals surface area contributed by atoms with Gasteiger partial charge in [-0.15, -0.1) is 0 Å². The van der Waals surface area contributed by atoms with Crippen LogP contribution in [0, 0.1) is 9.25 Å². The number of aromatic nitrogens is 2. The van der Waals surface area contributed by atoms with E-state index in [0.29, 0.717) is 12.1 Å². The maximum absolute atomic E-state index is 5.68. The first-order valence-electron chi connectivity index (χ1n) is 9.23. The molecule has 1 aromatic heterocycles. The van der Waals surface area contributed by atoms with E-state index < -0.39 is 0 Å². The molecule has 1 heterocycles. The van der Waals surface area contributed by atoms with E-state index in [1.54, 1.807) is 0 Å². The number of rotatable bonds is 13. The Labute approximate surface area is 156 Å². The summed E-state index contributed by atoms with van der Waals surface area (Å²) >= 11 is 2.23. The van der Waals surface area contributed by atoms with Crippen LogP contribution < -0.4 is 0 Å². The van der Waals surface area contributed by atoms with Crippen LogP contribution in [0.5, 0.6) is 0 Å². The van der Waals surface area contributed by atoms with E-state index in [0.717, 1.165) is 10.4 Å². The highest BCUT2D eigenvalue weighted by molar-refractivity contribution is 14.1. The maximum Gasteiger partial charge on any atom is 0.173 e. The van der Waals surface area contributed by atoms with E-state index >= 15 is 0 Å². The standard InChI is InChI=1S/C19H35IN2O/c1-19(2,3)13-11-9-7-5-4-6-8-10-12-16-23-17-22-15-14-21-18(22)20/h14-15H,4-13,16-17H2,1-3H3. The molecule has 0 aliphatic rings. The predicted molar refractivity (Wildman–Crippen MR) is 107 cm³/mol. The molecule has 3 nitrogen and oxygen atoms in total. The van der Waals surface area contributed by atoms with Gasteiger partial charge >= 0.3 is 0 Å². The first-order valence-corrected chi connectivity index (χ1v) is 10.3. The maximum atomic E-state index is 5.68. The molecule has 0 bridgehead atoms. The molecule has 0 fully saturated rings. The summed E-state index contributed by atoms with van der Waals surface area (Å²) in [6, 6.07) is 0. The minimum absolute atomic E-state index is 0.512. The molecule has 23 heavy (non-hydrogen) atoms. The highest BCUT2D eigenvalue weighted by Gasteiger charge is 2.08. The minimum atomic E-state index is 0.512. The number of imidazole rings is 1. The van der Waals surface area contributed by atoms with Gasteiger partial charge in [0.15, 0.2) is 3.83 Å². The lowest BCUT2D eigenvalue weighted by Gasteiger charge is -2.17. The fourth-order valence-electron chi connectivity index (χ4n) is 2.67. The molecule has 0 radical (unpaired) electrons. The Morgan fingerprint density at radius 3 is 2.04 bits per heavy atom. The van der Waals surface area contributed by atoms with Gasteiger partial charge in [-0.2, -0.15) is 0 Å². The molecule has 0 aromatic carbocycles. The van der Waals surface area contributed by atoms with Crippen molar-refractivity contribution in [3.05, 3.63) is 16.2 Å². The Hall–Kier alpha value is -0.100. The summed E-state index contributed by atoms with van der Waals surface area (Å²) in [6.07, 6.45) is 17.4. The van der Waals surface area contributed by atoms with E-state index in [-0.39, 0.29) is 0 Å². The van der Waals surface area contributed by atoms with E-state index in [2.05, 4.69) is 48.3 Å². The number of unbranched alkanes of at least 4 members (excludes halogenated alkanes) is 8. The predicted octanol–water partition coefficient (Wildman–Crippen LogP) is 6.41. The van der Waals surface area contributed by atoms with Crippen LogP contribution in [0.3, 0.4) is 0 Å². The second-order valence-corrected chi connectivity index (χ2v) is 8.66. The van der Waals surface area contributed by atoms with Gasteiger partial charge in [-0.05, 0) is 40.8 Å². The monoisotopic (exact) mass is 434 g/mol. The first-order chi connectivity index (χ1) is 11.0. The molecule has 0 aliphatic heterocycles. The molecule has 0 saturated heterocycles. The molecule has 134 valence electrons. The molecule has 0 spiro atoms. The number of halogens is 1. The highest BCUT2D eigenvalue weighted by Crippen LogP contribution is 2.22. The first kappa shape index (κ1) is 20.9. The summed E-state index contributed by atoms with van der Waals surface area (Å²) in [5.74, 6) is 0. The van der Waals surface area contributed by atoms with Crippen LogP contribution in [-0.2, 0) is 11.5 Å². The Morgan fingerprint density at radius 2 is 1.52 bits per heavy atom. The summed E-state index contributed by atoms with van der Waals surface area (Å²) in [5.41, 5.74) is 0.512. The summed E-state index contributed by atoms with van der Waals surface area (Å²) in [4.78, 5) is 4.17. The SMILES string of the molecule is CC(C)(C)CCCCCCCCCCCOCn1ccnc1I. The zero-order chi connectivity index (χ0) is 17.0. The Morgan fingerprint density at radius 1 is 0.957 bits per heavy atom. The minimum Gasteiger partial charge on any atom is -0.361 e. The van der Waals surface area contributed by atoms with Crippen molar-refractivity contribution in [2.45, 2.75) is 91.7 Å². The molecule has 0 amide bonds. The average Bonchev–Trinajstić information content (AvgIpc) is 2.88. The zero-order valence-corrected chi connectivity index (χ0v) is 17.5. The fourth-order valence-corrected chi connectivity index (χ4v) is 3.13. The molecular weight excluding hydrogens is 399 g/mol. The van der Waals surface area contributed by atoms with Crippen LogP contribution in [0.2, 0.25) is 0 Å². The molecule has 1 aromatic rings.